The summed E-state index contributed by atoms with van der Waals surface area (Å²) in [6, 6.07) is 5.17. The molecule has 0 saturated carbocycles. The third-order valence-electron chi connectivity index (χ3n) is 2.40. The maximum absolute atomic E-state index is 9.81. The van der Waals surface area contributed by atoms with Gasteiger partial charge in [0.25, 0.3) is 0 Å². The average Bonchev–Trinajstić information content (AvgIpc) is 2.28. The standard InChI is InChI=1S/C9H12N2O2/c1-9(13)10-8-6(11(9)2)4-3-5-7(8)12/h3-5,10,12-13H,1-2H3. The van der Waals surface area contributed by atoms with E-state index in [9.17, 15) is 10.2 Å². The predicted molar refractivity (Wildman–Crippen MR) is 50.8 cm³/mol. The largest absolute Gasteiger partial charge is 0.506 e. The van der Waals surface area contributed by atoms with Gasteiger partial charge in [-0.3, -0.25) is 0 Å². The fourth-order valence-electron chi connectivity index (χ4n) is 1.49. The molecule has 4 heteroatoms. The Hall–Kier alpha value is -1.42. The molecule has 0 fully saturated rings. The summed E-state index contributed by atoms with van der Waals surface area (Å²) in [5.41, 5.74) is 1.38. The second kappa shape index (κ2) is 2.29. The molecule has 0 aromatic heterocycles. The van der Waals surface area contributed by atoms with E-state index in [1.807, 2.05) is 6.07 Å². The Morgan fingerprint density at radius 2 is 2.15 bits per heavy atom. The van der Waals surface area contributed by atoms with Crippen molar-refractivity contribution in [3.8, 4) is 5.75 Å². The molecule has 1 heterocycles. The van der Waals surface area contributed by atoms with E-state index in [-0.39, 0.29) is 5.75 Å². The fourth-order valence-corrected chi connectivity index (χ4v) is 1.49. The van der Waals surface area contributed by atoms with Crippen LogP contribution in [0.25, 0.3) is 0 Å². The van der Waals surface area contributed by atoms with Crippen molar-refractivity contribution in [3.63, 3.8) is 0 Å². The summed E-state index contributed by atoms with van der Waals surface area (Å²) < 4.78 is 0. The molecule has 3 N–H and O–H groups in total. The van der Waals surface area contributed by atoms with Gasteiger partial charge in [0.15, 0.2) is 0 Å². The number of anilines is 2. The van der Waals surface area contributed by atoms with E-state index in [1.54, 1.807) is 31.0 Å². The molecule has 70 valence electrons. The molecule has 0 amide bonds. The first-order valence-corrected chi connectivity index (χ1v) is 4.09. The van der Waals surface area contributed by atoms with Crippen molar-refractivity contribution in [1.29, 1.82) is 0 Å². The van der Waals surface area contributed by atoms with Crippen molar-refractivity contribution in [2.24, 2.45) is 0 Å². The number of hydrogen-bond donors (Lipinski definition) is 3. The van der Waals surface area contributed by atoms with E-state index in [1.165, 1.54) is 0 Å². The third-order valence-corrected chi connectivity index (χ3v) is 2.40. The molecule has 1 aromatic rings. The van der Waals surface area contributed by atoms with Crippen LogP contribution in [0.4, 0.5) is 11.4 Å². The van der Waals surface area contributed by atoms with Crippen LogP contribution in [0, 0.1) is 0 Å². The Balaban J connectivity index is 2.56. The second-order valence-corrected chi connectivity index (χ2v) is 3.38. The molecule has 0 saturated heterocycles. The molecule has 0 aliphatic carbocycles. The molecule has 0 spiro atoms. The molecule has 13 heavy (non-hydrogen) atoms. The Morgan fingerprint density at radius 3 is 2.77 bits per heavy atom. The molecule has 2 rings (SSSR count). The van der Waals surface area contributed by atoms with E-state index >= 15 is 0 Å². The molecule has 1 atom stereocenters. The van der Waals surface area contributed by atoms with Gasteiger partial charge in [-0.15, -0.1) is 0 Å². The van der Waals surface area contributed by atoms with Gasteiger partial charge in [0, 0.05) is 14.0 Å². The number of aromatic hydroxyl groups is 1. The molecule has 0 bridgehead atoms. The van der Waals surface area contributed by atoms with E-state index in [0.717, 1.165) is 5.69 Å². The lowest BCUT2D eigenvalue weighted by molar-refractivity contribution is 0.0977. The highest BCUT2D eigenvalue weighted by molar-refractivity contribution is 5.81. The Kier molecular flexibility index (Phi) is 1.44. The summed E-state index contributed by atoms with van der Waals surface area (Å²) in [4.78, 5) is 1.67. The molecular formula is C9H12N2O2. The van der Waals surface area contributed by atoms with Crippen LogP contribution in [0.3, 0.4) is 0 Å². The minimum Gasteiger partial charge on any atom is -0.506 e. The maximum atomic E-state index is 9.81. The van der Waals surface area contributed by atoms with Gasteiger partial charge >= 0.3 is 0 Å². The number of para-hydroxylation sites is 1. The number of fused-ring (bicyclic) bond motifs is 1. The van der Waals surface area contributed by atoms with Gasteiger partial charge in [0.1, 0.15) is 11.4 Å². The monoisotopic (exact) mass is 180 g/mol. The summed E-state index contributed by atoms with van der Waals surface area (Å²) in [6.45, 7) is 1.63. The van der Waals surface area contributed by atoms with E-state index in [4.69, 9.17) is 0 Å². The lowest BCUT2D eigenvalue weighted by Gasteiger charge is -2.27. The number of phenolic OH excluding ortho intramolecular Hbond substituents is 1. The zero-order valence-corrected chi connectivity index (χ0v) is 7.57. The summed E-state index contributed by atoms with van der Waals surface area (Å²) in [6.07, 6.45) is 0. The summed E-state index contributed by atoms with van der Waals surface area (Å²) in [7, 11) is 1.76. The number of benzene rings is 1. The Bertz CT molecular complexity index is 349. The zero-order valence-electron chi connectivity index (χ0n) is 7.57. The maximum Gasteiger partial charge on any atom is 0.213 e. The normalized spacial score (nSPS) is 25.6. The first kappa shape index (κ1) is 8.19. The lowest BCUT2D eigenvalue weighted by Crippen LogP contribution is -2.45. The molecule has 4 nitrogen and oxygen atoms in total. The van der Waals surface area contributed by atoms with Crippen molar-refractivity contribution in [1.82, 2.24) is 0 Å². The van der Waals surface area contributed by atoms with Crippen molar-refractivity contribution in [3.05, 3.63) is 18.2 Å². The molecule has 1 unspecified atom stereocenters. The second-order valence-electron chi connectivity index (χ2n) is 3.38. The Morgan fingerprint density at radius 1 is 1.46 bits per heavy atom. The quantitative estimate of drug-likeness (QED) is 0.520. The highest BCUT2D eigenvalue weighted by atomic mass is 16.3. The number of rotatable bonds is 0. The van der Waals surface area contributed by atoms with Crippen molar-refractivity contribution in [2.45, 2.75) is 12.8 Å². The summed E-state index contributed by atoms with van der Waals surface area (Å²) in [5, 5.41) is 22.1. The highest BCUT2D eigenvalue weighted by Crippen LogP contribution is 2.42. The summed E-state index contributed by atoms with van der Waals surface area (Å²) >= 11 is 0. The summed E-state index contributed by atoms with van der Waals surface area (Å²) in [5.74, 6) is -0.969. The van der Waals surface area contributed by atoms with Crippen LogP contribution in [0.2, 0.25) is 0 Å². The van der Waals surface area contributed by atoms with Gasteiger partial charge in [-0.2, -0.15) is 0 Å². The smallest absolute Gasteiger partial charge is 0.213 e. The first-order valence-electron chi connectivity index (χ1n) is 4.09. The fraction of sp³-hybridized carbons (Fsp3) is 0.333. The first-order chi connectivity index (χ1) is 6.02. The van der Waals surface area contributed by atoms with Crippen molar-refractivity contribution < 1.29 is 10.2 Å². The van der Waals surface area contributed by atoms with Crippen LogP contribution >= 0.6 is 0 Å². The van der Waals surface area contributed by atoms with Crippen LogP contribution in [0.5, 0.6) is 5.75 Å². The van der Waals surface area contributed by atoms with Gasteiger partial charge in [-0.05, 0) is 12.1 Å². The van der Waals surface area contributed by atoms with E-state index in [0.29, 0.717) is 5.69 Å². The number of nitrogens with zero attached hydrogens (tertiary/aromatic N) is 1. The molecule has 1 aliphatic heterocycles. The van der Waals surface area contributed by atoms with Gasteiger partial charge in [-0.1, -0.05) is 6.07 Å². The number of phenols is 1. The average molecular weight is 180 g/mol. The highest BCUT2D eigenvalue weighted by Gasteiger charge is 2.36. The van der Waals surface area contributed by atoms with Crippen LogP contribution in [0.1, 0.15) is 6.92 Å². The molecule has 1 aromatic carbocycles. The Labute approximate surface area is 76.4 Å². The minimum atomic E-state index is -1.12. The molecular weight excluding hydrogens is 168 g/mol. The van der Waals surface area contributed by atoms with Crippen LogP contribution in [0.15, 0.2) is 18.2 Å². The van der Waals surface area contributed by atoms with Crippen LogP contribution < -0.4 is 10.2 Å². The third kappa shape index (κ3) is 1.02. The van der Waals surface area contributed by atoms with Gasteiger partial charge in [0.2, 0.25) is 5.85 Å². The van der Waals surface area contributed by atoms with Gasteiger partial charge < -0.3 is 20.4 Å². The van der Waals surface area contributed by atoms with E-state index in [2.05, 4.69) is 5.32 Å². The van der Waals surface area contributed by atoms with Gasteiger partial charge in [0.05, 0.1) is 5.69 Å². The SMILES string of the molecule is CN1c2cccc(O)c2NC1(C)O. The van der Waals surface area contributed by atoms with Crippen LogP contribution in [-0.4, -0.2) is 23.1 Å². The topological polar surface area (TPSA) is 55.7 Å². The minimum absolute atomic E-state index is 0.155. The van der Waals surface area contributed by atoms with E-state index < -0.39 is 5.85 Å². The zero-order chi connectivity index (χ0) is 9.64. The van der Waals surface area contributed by atoms with Crippen LogP contribution in [-0.2, 0) is 0 Å². The van der Waals surface area contributed by atoms with Crippen molar-refractivity contribution in [2.75, 3.05) is 17.3 Å². The number of aliphatic hydroxyl groups is 1. The predicted octanol–water partition coefficient (Wildman–Crippen LogP) is 0.920. The number of nitrogens with one attached hydrogen (secondary N) is 1. The molecule has 0 radical (unpaired) electrons. The lowest BCUT2D eigenvalue weighted by atomic mass is 10.2. The molecule has 1 aliphatic rings. The van der Waals surface area contributed by atoms with Gasteiger partial charge in [-0.25, -0.2) is 0 Å². The number of hydrogen-bond acceptors (Lipinski definition) is 4. The van der Waals surface area contributed by atoms with Crippen molar-refractivity contribution >= 4 is 11.4 Å².